The van der Waals surface area contributed by atoms with Gasteiger partial charge in [0, 0.05) is 18.5 Å². The minimum atomic E-state index is -0.828. The fourth-order valence-corrected chi connectivity index (χ4v) is 1.81. The Kier molecular flexibility index (Phi) is 6.69. The Hall–Kier alpha value is -2.61. The number of carbonyl (C=O) groups is 2. The first-order valence-electron chi connectivity index (χ1n) is 6.72. The molecule has 0 spiro atoms. The zero-order valence-corrected chi connectivity index (χ0v) is 11.9. The molecule has 110 valence electrons. The summed E-state index contributed by atoms with van der Waals surface area (Å²) in [7, 11) is 0. The number of benzene rings is 1. The van der Waals surface area contributed by atoms with Crippen molar-refractivity contribution in [3.63, 3.8) is 0 Å². The summed E-state index contributed by atoms with van der Waals surface area (Å²) in [4.78, 5) is 22.1. The van der Waals surface area contributed by atoms with Gasteiger partial charge in [-0.2, -0.15) is 5.26 Å². The molecule has 0 bridgehead atoms. The number of carboxylic acids is 1. The lowest BCUT2D eigenvalue weighted by Gasteiger charge is -2.11. The molecule has 2 N–H and O–H groups in total. The molecular weight excluding hydrogens is 268 g/mol. The maximum atomic E-state index is 11.7. The number of nitrogens with zero attached hydrogens (tertiary/aromatic N) is 1. The third kappa shape index (κ3) is 6.92. The fourth-order valence-electron chi connectivity index (χ4n) is 1.81. The molecule has 1 aromatic rings. The van der Waals surface area contributed by atoms with E-state index in [1.807, 2.05) is 13.0 Å². The third-order valence-corrected chi connectivity index (χ3v) is 2.86. The molecule has 0 heterocycles. The Morgan fingerprint density at radius 1 is 1.48 bits per heavy atom. The first kappa shape index (κ1) is 16.4. The SMILES string of the molecule is CC(CCCC(=O)O)NC(=O)/C=C/c1cccc(C#N)c1. The highest BCUT2D eigenvalue weighted by Crippen LogP contribution is 2.06. The van der Waals surface area contributed by atoms with Crippen LogP contribution in [0.3, 0.4) is 0 Å². The highest BCUT2D eigenvalue weighted by atomic mass is 16.4. The van der Waals surface area contributed by atoms with Crippen molar-refractivity contribution in [3.8, 4) is 6.07 Å². The lowest BCUT2D eigenvalue weighted by atomic mass is 10.1. The van der Waals surface area contributed by atoms with Crippen molar-refractivity contribution >= 4 is 18.0 Å². The predicted molar refractivity (Wildman–Crippen MR) is 79.3 cm³/mol. The largest absolute Gasteiger partial charge is 0.481 e. The van der Waals surface area contributed by atoms with Gasteiger partial charge in [0.1, 0.15) is 0 Å². The van der Waals surface area contributed by atoms with E-state index in [-0.39, 0.29) is 18.4 Å². The molecule has 21 heavy (non-hydrogen) atoms. The number of nitriles is 1. The van der Waals surface area contributed by atoms with Crippen molar-refractivity contribution in [2.24, 2.45) is 0 Å². The number of carbonyl (C=O) groups excluding carboxylic acids is 1. The molecular formula is C16H18N2O3. The van der Waals surface area contributed by atoms with Crippen LogP contribution in [-0.4, -0.2) is 23.0 Å². The molecule has 0 aliphatic carbocycles. The zero-order chi connectivity index (χ0) is 15.7. The normalized spacial score (nSPS) is 11.8. The summed E-state index contributed by atoms with van der Waals surface area (Å²) in [5.41, 5.74) is 1.32. The predicted octanol–water partition coefficient (Wildman–Crippen LogP) is 2.33. The van der Waals surface area contributed by atoms with E-state index >= 15 is 0 Å². The first-order chi connectivity index (χ1) is 10.0. The van der Waals surface area contributed by atoms with Crippen LogP contribution in [0.15, 0.2) is 30.3 Å². The van der Waals surface area contributed by atoms with E-state index in [1.165, 1.54) is 6.08 Å². The number of amides is 1. The van der Waals surface area contributed by atoms with Crippen LogP contribution in [0, 0.1) is 11.3 Å². The Morgan fingerprint density at radius 2 is 2.24 bits per heavy atom. The Labute approximate surface area is 123 Å². The van der Waals surface area contributed by atoms with E-state index < -0.39 is 5.97 Å². The topological polar surface area (TPSA) is 90.2 Å². The molecule has 1 atom stereocenters. The molecule has 0 fully saturated rings. The van der Waals surface area contributed by atoms with Gasteiger partial charge in [0.25, 0.3) is 0 Å². The average molecular weight is 286 g/mol. The molecule has 1 aromatic carbocycles. The van der Waals surface area contributed by atoms with E-state index in [0.717, 1.165) is 5.56 Å². The molecule has 5 nitrogen and oxygen atoms in total. The third-order valence-electron chi connectivity index (χ3n) is 2.86. The van der Waals surface area contributed by atoms with E-state index in [0.29, 0.717) is 18.4 Å². The van der Waals surface area contributed by atoms with Gasteiger partial charge in [-0.3, -0.25) is 9.59 Å². The molecule has 0 aliphatic rings. The number of hydrogen-bond acceptors (Lipinski definition) is 3. The van der Waals surface area contributed by atoms with Crippen LogP contribution in [0.2, 0.25) is 0 Å². The van der Waals surface area contributed by atoms with Gasteiger partial charge in [0.2, 0.25) is 5.91 Å². The second kappa shape index (κ2) is 8.54. The number of rotatable bonds is 7. The maximum absolute atomic E-state index is 11.7. The molecule has 1 unspecified atom stereocenters. The monoisotopic (exact) mass is 286 g/mol. The molecule has 0 aromatic heterocycles. The first-order valence-corrected chi connectivity index (χ1v) is 6.72. The van der Waals surface area contributed by atoms with Crippen molar-refractivity contribution in [1.82, 2.24) is 5.32 Å². The lowest BCUT2D eigenvalue weighted by Crippen LogP contribution is -2.31. The summed E-state index contributed by atoms with van der Waals surface area (Å²) in [6.07, 6.45) is 4.31. The maximum Gasteiger partial charge on any atom is 0.303 e. The molecule has 0 saturated heterocycles. The Morgan fingerprint density at radius 3 is 2.90 bits per heavy atom. The van der Waals surface area contributed by atoms with Crippen molar-refractivity contribution in [2.75, 3.05) is 0 Å². The zero-order valence-electron chi connectivity index (χ0n) is 11.9. The minimum absolute atomic E-state index is 0.0769. The van der Waals surface area contributed by atoms with Crippen LogP contribution < -0.4 is 5.32 Å². The van der Waals surface area contributed by atoms with Gasteiger partial charge < -0.3 is 10.4 Å². The Bertz CT molecular complexity index is 573. The summed E-state index contributed by atoms with van der Waals surface area (Å²) in [5.74, 6) is -1.06. The van der Waals surface area contributed by atoms with Gasteiger partial charge in [-0.05, 0) is 43.5 Å². The molecule has 1 rings (SSSR count). The molecule has 0 radical (unpaired) electrons. The van der Waals surface area contributed by atoms with E-state index in [4.69, 9.17) is 10.4 Å². The van der Waals surface area contributed by atoms with E-state index in [9.17, 15) is 9.59 Å². The number of nitrogens with one attached hydrogen (secondary N) is 1. The summed E-state index contributed by atoms with van der Waals surface area (Å²) >= 11 is 0. The van der Waals surface area contributed by atoms with Crippen LogP contribution in [0.5, 0.6) is 0 Å². The fraction of sp³-hybridized carbons (Fsp3) is 0.312. The van der Waals surface area contributed by atoms with Crippen LogP contribution in [0.1, 0.15) is 37.3 Å². The summed E-state index contributed by atoms with van der Waals surface area (Å²) in [6, 6.07) is 8.91. The van der Waals surface area contributed by atoms with Crippen LogP contribution in [0.4, 0.5) is 0 Å². The van der Waals surface area contributed by atoms with Crippen molar-refractivity contribution in [2.45, 2.75) is 32.2 Å². The standard InChI is InChI=1S/C16H18N2O3/c1-12(4-2-7-16(20)21)18-15(19)9-8-13-5-3-6-14(10-13)11-17/h3,5-6,8-10,12H,2,4,7H2,1H3,(H,18,19)(H,20,21)/b9-8+. The molecule has 0 aliphatic heterocycles. The quantitative estimate of drug-likeness (QED) is 0.753. The van der Waals surface area contributed by atoms with Gasteiger partial charge in [0.15, 0.2) is 0 Å². The van der Waals surface area contributed by atoms with Gasteiger partial charge in [-0.15, -0.1) is 0 Å². The smallest absolute Gasteiger partial charge is 0.303 e. The minimum Gasteiger partial charge on any atom is -0.481 e. The van der Waals surface area contributed by atoms with Crippen molar-refractivity contribution < 1.29 is 14.7 Å². The van der Waals surface area contributed by atoms with Gasteiger partial charge >= 0.3 is 5.97 Å². The Balaban J connectivity index is 2.43. The second-order valence-electron chi connectivity index (χ2n) is 4.77. The highest BCUT2D eigenvalue weighted by Gasteiger charge is 2.06. The van der Waals surface area contributed by atoms with Crippen molar-refractivity contribution in [1.29, 1.82) is 5.26 Å². The number of hydrogen-bond donors (Lipinski definition) is 2. The van der Waals surface area contributed by atoms with Gasteiger partial charge in [-0.1, -0.05) is 12.1 Å². The summed E-state index contributed by atoms with van der Waals surface area (Å²) in [5, 5.41) is 20.1. The van der Waals surface area contributed by atoms with E-state index in [2.05, 4.69) is 5.32 Å². The van der Waals surface area contributed by atoms with Crippen molar-refractivity contribution in [3.05, 3.63) is 41.5 Å². The lowest BCUT2D eigenvalue weighted by molar-refractivity contribution is -0.137. The second-order valence-corrected chi connectivity index (χ2v) is 4.77. The molecule has 0 saturated carbocycles. The molecule has 1 amide bonds. The summed E-state index contributed by atoms with van der Waals surface area (Å²) in [6.45, 7) is 1.84. The number of carboxylic acid groups (broad SMARTS) is 1. The molecule has 5 heteroatoms. The van der Waals surface area contributed by atoms with Gasteiger partial charge in [0.05, 0.1) is 11.6 Å². The van der Waals surface area contributed by atoms with Crippen LogP contribution in [-0.2, 0) is 9.59 Å². The van der Waals surface area contributed by atoms with E-state index in [1.54, 1.807) is 30.3 Å². The summed E-state index contributed by atoms with van der Waals surface area (Å²) < 4.78 is 0. The number of aliphatic carboxylic acids is 1. The van der Waals surface area contributed by atoms with Crippen LogP contribution >= 0.6 is 0 Å². The average Bonchev–Trinajstić information content (AvgIpc) is 2.45. The van der Waals surface area contributed by atoms with Gasteiger partial charge in [-0.25, -0.2) is 0 Å². The van der Waals surface area contributed by atoms with Crippen LogP contribution in [0.25, 0.3) is 6.08 Å². The highest BCUT2D eigenvalue weighted by molar-refractivity contribution is 5.91.